The lowest BCUT2D eigenvalue weighted by molar-refractivity contribution is 0.243. The summed E-state index contributed by atoms with van der Waals surface area (Å²) in [5.41, 5.74) is -0.529. The van der Waals surface area contributed by atoms with Gasteiger partial charge in [0.15, 0.2) is 11.6 Å². The van der Waals surface area contributed by atoms with Crippen LogP contribution in [0.4, 0.5) is 19.3 Å². The van der Waals surface area contributed by atoms with E-state index in [9.17, 15) is 13.6 Å². The summed E-state index contributed by atoms with van der Waals surface area (Å²) in [6.45, 7) is 0.467. The van der Waals surface area contributed by atoms with Gasteiger partial charge in [-0.2, -0.15) is 5.10 Å². The fraction of sp³-hybridized carbons (Fsp3) is 0.308. The number of carbonyl (C=O) groups excluding carboxylic acids is 1. The van der Waals surface area contributed by atoms with Crippen LogP contribution in [0.2, 0.25) is 5.02 Å². The van der Waals surface area contributed by atoms with Gasteiger partial charge < -0.3 is 10.6 Å². The molecule has 6 nitrogen and oxygen atoms in total. The van der Waals surface area contributed by atoms with Gasteiger partial charge in [-0.25, -0.2) is 23.2 Å². The fourth-order valence-corrected chi connectivity index (χ4v) is 2.54. The van der Waals surface area contributed by atoms with E-state index in [1.165, 1.54) is 6.33 Å². The van der Waals surface area contributed by atoms with Crippen LogP contribution < -0.4 is 10.6 Å². The molecule has 22 heavy (non-hydrogen) atoms. The van der Waals surface area contributed by atoms with Gasteiger partial charge in [0.1, 0.15) is 17.8 Å². The van der Waals surface area contributed by atoms with E-state index in [0.29, 0.717) is 19.4 Å². The molecule has 0 unspecified atom stereocenters. The molecule has 0 fully saturated rings. The van der Waals surface area contributed by atoms with Gasteiger partial charge in [-0.15, -0.1) is 0 Å². The van der Waals surface area contributed by atoms with Gasteiger partial charge in [0, 0.05) is 11.4 Å². The first-order valence-electron chi connectivity index (χ1n) is 6.61. The highest BCUT2D eigenvalue weighted by molar-refractivity contribution is 6.30. The molecule has 2 aromatic rings. The molecule has 0 saturated heterocycles. The highest BCUT2D eigenvalue weighted by Crippen LogP contribution is 2.23. The van der Waals surface area contributed by atoms with Crippen molar-refractivity contribution in [3.63, 3.8) is 0 Å². The number of halogens is 3. The average molecular weight is 328 g/mol. The molecule has 2 N–H and O–H groups in total. The first-order chi connectivity index (χ1) is 10.5. The quantitative estimate of drug-likeness (QED) is 0.889. The van der Waals surface area contributed by atoms with Crippen LogP contribution in [-0.4, -0.2) is 26.8 Å². The second-order valence-corrected chi connectivity index (χ2v) is 5.37. The van der Waals surface area contributed by atoms with Crippen LogP contribution in [0.3, 0.4) is 0 Å². The SMILES string of the molecule is O=C(Nc1c(F)cc(Cl)cc1F)N[C@H]1CCc2ncnn2C1. The Bertz CT molecular complexity index is 697. The predicted molar refractivity (Wildman–Crippen MR) is 75.7 cm³/mol. The van der Waals surface area contributed by atoms with Gasteiger partial charge in [-0.05, 0) is 18.6 Å². The van der Waals surface area contributed by atoms with E-state index in [1.807, 2.05) is 0 Å². The van der Waals surface area contributed by atoms with Crippen molar-refractivity contribution in [2.75, 3.05) is 5.32 Å². The second-order valence-electron chi connectivity index (χ2n) is 4.94. The minimum absolute atomic E-state index is 0.0769. The van der Waals surface area contributed by atoms with E-state index >= 15 is 0 Å². The standard InChI is InChI=1S/C13H12ClF2N5O/c14-7-3-9(15)12(10(16)4-7)20-13(22)19-8-1-2-11-17-6-18-21(11)5-8/h3-4,6,8H,1-2,5H2,(H2,19,20,22)/t8-/m0/s1. The molecule has 3 rings (SSSR count). The van der Waals surface area contributed by atoms with Crippen molar-refractivity contribution in [1.29, 1.82) is 0 Å². The number of hydrogen-bond donors (Lipinski definition) is 2. The number of nitrogens with zero attached hydrogens (tertiary/aromatic N) is 3. The van der Waals surface area contributed by atoms with E-state index in [4.69, 9.17) is 11.6 Å². The summed E-state index contributed by atoms with van der Waals surface area (Å²) < 4.78 is 28.9. The van der Waals surface area contributed by atoms with E-state index in [-0.39, 0.29) is 11.1 Å². The molecule has 0 bridgehead atoms. The van der Waals surface area contributed by atoms with Crippen molar-refractivity contribution >= 4 is 23.3 Å². The lowest BCUT2D eigenvalue weighted by Crippen LogP contribution is -2.43. The number of amides is 2. The zero-order valence-corrected chi connectivity index (χ0v) is 12.1. The fourth-order valence-electron chi connectivity index (χ4n) is 2.35. The number of aryl methyl sites for hydroxylation is 1. The Morgan fingerprint density at radius 2 is 2.09 bits per heavy atom. The van der Waals surface area contributed by atoms with E-state index in [0.717, 1.165) is 18.0 Å². The number of urea groups is 1. The Morgan fingerprint density at radius 1 is 1.36 bits per heavy atom. The summed E-state index contributed by atoms with van der Waals surface area (Å²) in [6, 6.07) is 0.992. The maximum Gasteiger partial charge on any atom is 0.319 e. The first-order valence-corrected chi connectivity index (χ1v) is 6.99. The van der Waals surface area contributed by atoms with E-state index in [1.54, 1.807) is 4.68 Å². The molecule has 0 saturated carbocycles. The number of anilines is 1. The normalized spacial score (nSPS) is 17.0. The molecule has 1 aromatic heterocycles. The molecule has 0 radical (unpaired) electrons. The van der Waals surface area contributed by atoms with Crippen LogP contribution in [0.25, 0.3) is 0 Å². The Balaban J connectivity index is 1.64. The summed E-state index contributed by atoms with van der Waals surface area (Å²) in [6.07, 6.45) is 2.81. The molecule has 2 amide bonds. The third kappa shape index (κ3) is 3.01. The second kappa shape index (κ2) is 5.88. The summed E-state index contributed by atoms with van der Waals surface area (Å²) in [5, 5.41) is 8.79. The number of benzene rings is 1. The molecule has 9 heteroatoms. The van der Waals surface area contributed by atoms with E-state index < -0.39 is 23.4 Å². The molecule has 1 aromatic carbocycles. The van der Waals surface area contributed by atoms with Gasteiger partial charge in [0.2, 0.25) is 0 Å². The van der Waals surface area contributed by atoms with Crippen molar-refractivity contribution in [3.8, 4) is 0 Å². The number of aromatic nitrogens is 3. The van der Waals surface area contributed by atoms with Crippen LogP contribution in [-0.2, 0) is 13.0 Å². The average Bonchev–Trinajstić information content (AvgIpc) is 2.90. The van der Waals surface area contributed by atoms with Gasteiger partial charge in [0.25, 0.3) is 0 Å². The molecule has 2 heterocycles. The maximum atomic E-state index is 13.6. The summed E-state index contributed by atoms with van der Waals surface area (Å²) >= 11 is 5.53. The van der Waals surface area contributed by atoms with Gasteiger partial charge in [-0.3, -0.25) is 0 Å². The van der Waals surface area contributed by atoms with E-state index in [2.05, 4.69) is 20.7 Å². The van der Waals surface area contributed by atoms with Crippen molar-refractivity contribution in [3.05, 3.63) is 40.9 Å². The molecule has 0 aliphatic carbocycles. The first kappa shape index (κ1) is 14.7. The highest BCUT2D eigenvalue weighted by Gasteiger charge is 2.22. The molecule has 1 aliphatic heterocycles. The minimum atomic E-state index is -0.928. The van der Waals surface area contributed by atoms with Crippen LogP contribution in [0.1, 0.15) is 12.2 Å². The third-order valence-corrected chi connectivity index (χ3v) is 3.60. The Labute approximate surface area is 129 Å². The van der Waals surface area contributed by atoms with Crippen LogP contribution in [0.5, 0.6) is 0 Å². The van der Waals surface area contributed by atoms with Crippen LogP contribution >= 0.6 is 11.6 Å². The topological polar surface area (TPSA) is 71.8 Å². The Morgan fingerprint density at radius 3 is 2.82 bits per heavy atom. The molecule has 1 aliphatic rings. The van der Waals surface area contributed by atoms with Crippen molar-refractivity contribution in [2.45, 2.75) is 25.4 Å². The predicted octanol–water partition coefficient (Wildman–Crippen LogP) is 2.35. The third-order valence-electron chi connectivity index (χ3n) is 3.39. The van der Waals surface area contributed by atoms with Crippen LogP contribution in [0, 0.1) is 11.6 Å². The zero-order chi connectivity index (χ0) is 15.7. The summed E-state index contributed by atoms with van der Waals surface area (Å²) in [4.78, 5) is 16.0. The van der Waals surface area contributed by atoms with Crippen molar-refractivity contribution in [2.24, 2.45) is 0 Å². The van der Waals surface area contributed by atoms with Gasteiger partial charge in [-0.1, -0.05) is 11.6 Å². The molecular formula is C13H12ClF2N5O. The molecule has 116 valence electrons. The van der Waals surface area contributed by atoms with Crippen LogP contribution in [0.15, 0.2) is 18.5 Å². The molecule has 1 atom stereocenters. The number of nitrogens with one attached hydrogen (secondary N) is 2. The largest absolute Gasteiger partial charge is 0.333 e. The minimum Gasteiger partial charge on any atom is -0.333 e. The van der Waals surface area contributed by atoms with Gasteiger partial charge in [0.05, 0.1) is 12.6 Å². The maximum absolute atomic E-state index is 13.6. The number of fused-ring (bicyclic) bond motifs is 1. The Hall–Kier alpha value is -2.22. The number of carbonyl (C=O) groups is 1. The van der Waals surface area contributed by atoms with Gasteiger partial charge >= 0.3 is 6.03 Å². The lowest BCUT2D eigenvalue weighted by Gasteiger charge is -2.23. The summed E-state index contributed by atoms with van der Waals surface area (Å²) in [7, 11) is 0. The summed E-state index contributed by atoms with van der Waals surface area (Å²) in [5.74, 6) is -1.00. The van der Waals surface area contributed by atoms with Crippen molar-refractivity contribution < 1.29 is 13.6 Å². The molecule has 0 spiro atoms. The number of hydrogen-bond acceptors (Lipinski definition) is 3. The van der Waals surface area contributed by atoms with Crippen molar-refractivity contribution in [1.82, 2.24) is 20.1 Å². The smallest absolute Gasteiger partial charge is 0.319 e. The zero-order valence-electron chi connectivity index (χ0n) is 11.3. The monoisotopic (exact) mass is 327 g/mol. The lowest BCUT2D eigenvalue weighted by atomic mass is 10.1. The Kier molecular flexibility index (Phi) is 3.93. The molecular weight excluding hydrogens is 316 g/mol. The highest BCUT2D eigenvalue weighted by atomic mass is 35.5. The number of rotatable bonds is 2.